The number of nitrogens with zero attached hydrogens (tertiary/aromatic N) is 2. The van der Waals surface area contributed by atoms with E-state index in [9.17, 15) is 4.79 Å². The molecule has 2 aromatic heterocycles. The zero-order valence-electron chi connectivity index (χ0n) is 7.95. The number of aromatic nitrogens is 3. The Morgan fingerprint density at radius 1 is 1.50 bits per heavy atom. The van der Waals surface area contributed by atoms with Crippen LogP contribution in [0, 0.1) is 0 Å². The van der Waals surface area contributed by atoms with Gasteiger partial charge in [-0.05, 0) is 12.5 Å². The van der Waals surface area contributed by atoms with E-state index < -0.39 is 0 Å². The number of pyridine rings is 1. The number of fused-ring (bicyclic) bond motifs is 1. The summed E-state index contributed by atoms with van der Waals surface area (Å²) in [5.74, 6) is 0.746. The first-order chi connectivity index (χ1) is 6.81. The van der Waals surface area contributed by atoms with E-state index in [1.54, 1.807) is 12.3 Å². The Hall–Kier alpha value is -1.71. The lowest BCUT2D eigenvalue weighted by atomic mass is 10.3. The summed E-state index contributed by atoms with van der Waals surface area (Å²) in [5.41, 5.74) is 0.610. The fourth-order valence-corrected chi connectivity index (χ4v) is 1.39. The van der Waals surface area contributed by atoms with E-state index in [1.165, 1.54) is 6.20 Å². The molecule has 4 heteroatoms. The van der Waals surface area contributed by atoms with Crippen LogP contribution in [0.25, 0.3) is 10.9 Å². The lowest BCUT2D eigenvalue weighted by Crippen LogP contribution is -2.11. The molecule has 2 aromatic rings. The second-order valence-electron chi connectivity index (χ2n) is 3.16. The Bertz CT molecular complexity index is 504. The molecular formula is C10H11N3O. The Kier molecular flexibility index (Phi) is 2.26. The minimum atomic E-state index is -0.105. The third kappa shape index (κ3) is 1.51. The van der Waals surface area contributed by atoms with Gasteiger partial charge in [-0.2, -0.15) is 0 Å². The second kappa shape index (κ2) is 3.57. The van der Waals surface area contributed by atoms with Gasteiger partial charge in [-0.15, -0.1) is 0 Å². The van der Waals surface area contributed by atoms with Gasteiger partial charge in [0, 0.05) is 18.8 Å². The van der Waals surface area contributed by atoms with Crippen LogP contribution in [0.3, 0.4) is 0 Å². The summed E-state index contributed by atoms with van der Waals surface area (Å²) >= 11 is 0. The molecule has 72 valence electrons. The zero-order valence-corrected chi connectivity index (χ0v) is 7.95. The zero-order chi connectivity index (χ0) is 9.97. The van der Waals surface area contributed by atoms with Gasteiger partial charge < -0.3 is 4.98 Å². The molecule has 0 spiro atoms. The molecule has 0 atom stereocenters. The summed E-state index contributed by atoms with van der Waals surface area (Å²) in [4.78, 5) is 22.5. The third-order valence-electron chi connectivity index (χ3n) is 2.04. The molecule has 2 rings (SSSR count). The summed E-state index contributed by atoms with van der Waals surface area (Å²) in [5, 5.41) is 0.548. The Balaban J connectivity index is 2.66. The Morgan fingerprint density at radius 3 is 3.14 bits per heavy atom. The number of rotatable bonds is 2. The second-order valence-corrected chi connectivity index (χ2v) is 3.16. The van der Waals surface area contributed by atoms with Gasteiger partial charge in [-0.3, -0.25) is 9.78 Å². The van der Waals surface area contributed by atoms with Crippen molar-refractivity contribution in [1.82, 2.24) is 15.0 Å². The molecule has 0 aliphatic rings. The fraction of sp³-hybridized carbons (Fsp3) is 0.300. The quantitative estimate of drug-likeness (QED) is 0.773. The van der Waals surface area contributed by atoms with Crippen LogP contribution in [0.2, 0.25) is 0 Å². The minimum Gasteiger partial charge on any atom is -0.310 e. The van der Waals surface area contributed by atoms with Gasteiger partial charge in [0.25, 0.3) is 5.56 Å². The molecule has 0 aliphatic carbocycles. The van der Waals surface area contributed by atoms with Gasteiger partial charge in [0.2, 0.25) is 0 Å². The molecule has 14 heavy (non-hydrogen) atoms. The standard InChI is InChI=1S/C10H11N3O/c1-2-3-9-12-8-4-5-11-6-7(8)10(14)13-9/h4-6H,2-3H2,1H3,(H,12,13,14). The molecular weight excluding hydrogens is 178 g/mol. The smallest absolute Gasteiger partial charge is 0.260 e. The topological polar surface area (TPSA) is 58.6 Å². The molecule has 0 unspecified atom stereocenters. The van der Waals surface area contributed by atoms with E-state index in [-0.39, 0.29) is 5.56 Å². The maximum atomic E-state index is 11.5. The van der Waals surface area contributed by atoms with E-state index in [0.29, 0.717) is 10.9 Å². The molecule has 0 bridgehead atoms. The molecule has 0 saturated heterocycles. The van der Waals surface area contributed by atoms with Crippen molar-refractivity contribution in [2.45, 2.75) is 19.8 Å². The van der Waals surface area contributed by atoms with Gasteiger partial charge >= 0.3 is 0 Å². The highest BCUT2D eigenvalue weighted by Gasteiger charge is 2.01. The number of hydrogen-bond donors (Lipinski definition) is 1. The van der Waals surface area contributed by atoms with Crippen molar-refractivity contribution in [3.63, 3.8) is 0 Å². The highest BCUT2D eigenvalue weighted by atomic mass is 16.1. The monoisotopic (exact) mass is 189 g/mol. The van der Waals surface area contributed by atoms with Crippen molar-refractivity contribution in [3.8, 4) is 0 Å². The molecule has 0 aliphatic heterocycles. The molecule has 2 heterocycles. The number of nitrogens with one attached hydrogen (secondary N) is 1. The average molecular weight is 189 g/mol. The predicted molar refractivity (Wildman–Crippen MR) is 54.2 cm³/mol. The van der Waals surface area contributed by atoms with Crippen molar-refractivity contribution in [2.24, 2.45) is 0 Å². The summed E-state index contributed by atoms with van der Waals surface area (Å²) in [6.07, 6.45) is 4.95. The molecule has 0 amide bonds. The van der Waals surface area contributed by atoms with Gasteiger partial charge in [0.15, 0.2) is 0 Å². The lowest BCUT2D eigenvalue weighted by molar-refractivity contribution is 0.836. The van der Waals surface area contributed by atoms with E-state index >= 15 is 0 Å². The SMILES string of the molecule is CCCc1nc2ccncc2c(=O)[nH]1. The Morgan fingerprint density at radius 2 is 2.36 bits per heavy atom. The number of H-pyrrole nitrogens is 1. The van der Waals surface area contributed by atoms with E-state index in [1.807, 2.05) is 0 Å². The van der Waals surface area contributed by atoms with E-state index in [4.69, 9.17) is 0 Å². The largest absolute Gasteiger partial charge is 0.310 e. The maximum Gasteiger partial charge on any atom is 0.260 e. The third-order valence-corrected chi connectivity index (χ3v) is 2.04. The molecule has 0 saturated carbocycles. The van der Waals surface area contributed by atoms with Crippen LogP contribution in [0.1, 0.15) is 19.2 Å². The van der Waals surface area contributed by atoms with Crippen LogP contribution in [0.15, 0.2) is 23.3 Å². The molecule has 0 radical (unpaired) electrons. The highest BCUT2D eigenvalue weighted by Crippen LogP contribution is 2.04. The van der Waals surface area contributed by atoms with Crippen LogP contribution in [-0.2, 0) is 6.42 Å². The van der Waals surface area contributed by atoms with Crippen LogP contribution < -0.4 is 5.56 Å². The molecule has 4 nitrogen and oxygen atoms in total. The van der Waals surface area contributed by atoms with Crippen LogP contribution in [0.5, 0.6) is 0 Å². The van der Waals surface area contributed by atoms with Gasteiger partial charge in [-0.25, -0.2) is 4.98 Å². The van der Waals surface area contributed by atoms with Gasteiger partial charge in [-0.1, -0.05) is 6.92 Å². The first-order valence-electron chi connectivity index (χ1n) is 4.64. The van der Waals surface area contributed by atoms with Crippen molar-refractivity contribution >= 4 is 10.9 Å². The summed E-state index contributed by atoms with van der Waals surface area (Å²) in [6, 6.07) is 1.75. The molecule has 0 fully saturated rings. The van der Waals surface area contributed by atoms with Crippen LogP contribution in [-0.4, -0.2) is 15.0 Å². The molecule has 0 aromatic carbocycles. The summed E-state index contributed by atoms with van der Waals surface area (Å²) in [7, 11) is 0. The van der Waals surface area contributed by atoms with E-state index in [0.717, 1.165) is 18.7 Å². The highest BCUT2D eigenvalue weighted by molar-refractivity contribution is 5.75. The lowest BCUT2D eigenvalue weighted by Gasteiger charge is -1.99. The van der Waals surface area contributed by atoms with Gasteiger partial charge in [0.05, 0.1) is 10.9 Å². The van der Waals surface area contributed by atoms with Crippen molar-refractivity contribution in [1.29, 1.82) is 0 Å². The number of aryl methyl sites for hydroxylation is 1. The predicted octanol–water partition coefficient (Wildman–Crippen LogP) is 1.27. The number of hydrogen-bond acceptors (Lipinski definition) is 3. The van der Waals surface area contributed by atoms with Gasteiger partial charge in [0.1, 0.15) is 5.82 Å². The minimum absolute atomic E-state index is 0.105. The Labute approximate surface area is 81.0 Å². The average Bonchev–Trinajstić information content (AvgIpc) is 2.18. The van der Waals surface area contributed by atoms with Crippen LogP contribution >= 0.6 is 0 Å². The van der Waals surface area contributed by atoms with Crippen molar-refractivity contribution in [2.75, 3.05) is 0 Å². The first-order valence-corrected chi connectivity index (χ1v) is 4.64. The summed E-state index contributed by atoms with van der Waals surface area (Å²) < 4.78 is 0. The first kappa shape index (κ1) is 8.87. The summed E-state index contributed by atoms with van der Waals surface area (Å²) in [6.45, 7) is 2.05. The molecule has 1 N–H and O–H groups in total. The number of aromatic amines is 1. The van der Waals surface area contributed by atoms with Crippen molar-refractivity contribution in [3.05, 3.63) is 34.6 Å². The maximum absolute atomic E-state index is 11.5. The van der Waals surface area contributed by atoms with Crippen LogP contribution in [0.4, 0.5) is 0 Å². The fourth-order valence-electron chi connectivity index (χ4n) is 1.39. The normalized spacial score (nSPS) is 10.6. The van der Waals surface area contributed by atoms with Crippen molar-refractivity contribution < 1.29 is 0 Å². The van der Waals surface area contributed by atoms with E-state index in [2.05, 4.69) is 21.9 Å².